The maximum absolute atomic E-state index is 9.36. The first-order valence-corrected chi connectivity index (χ1v) is 6.45. The topological polar surface area (TPSA) is 43.7 Å². The molecular weight excluding hydrogens is 213 g/mol. The molecule has 17 heavy (non-hydrogen) atoms. The molecule has 1 aromatic rings. The van der Waals surface area contributed by atoms with Crippen molar-refractivity contribution in [2.24, 2.45) is 0 Å². The predicted octanol–water partition coefficient (Wildman–Crippen LogP) is 0.493. The van der Waals surface area contributed by atoms with Crippen molar-refractivity contribution in [3.05, 3.63) is 29.8 Å². The summed E-state index contributed by atoms with van der Waals surface area (Å²) in [6.45, 7) is 0.864. The van der Waals surface area contributed by atoms with Crippen molar-refractivity contribution in [3.8, 4) is 0 Å². The third-order valence-electron chi connectivity index (χ3n) is 4.29. The van der Waals surface area contributed by atoms with Gasteiger partial charge in [0.25, 0.3) is 0 Å². The molecule has 4 heteroatoms. The van der Waals surface area contributed by atoms with Crippen LogP contribution in [0.4, 0.5) is 0 Å². The van der Waals surface area contributed by atoms with Gasteiger partial charge in [0, 0.05) is 18.6 Å². The molecule has 2 saturated heterocycles. The number of nitrogens with zero attached hydrogens (tertiary/aromatic N) is 1. The number of hydrogen-bond donors (Lipinski definition) is 2. The van der Waals surface area contributed by atoms with E-state index in [1.165, 1.54) is 25.7 Å². The van der Waals surface area contributed by atoms with Crippen LogP contribution in [0.15, 0.2) is 24.3 Å². The highest BCUT2D eigenvalue weighted by Crippen LogP contribution is 2.38. The molecule has 3 rings (SSSR count). The Bertz CT molecular complexity index is 390. The highest BCUT2D eigenvalue weighted by Gasteiger charge is 2.39. The zero-order valence-corrected chi connectivity index (χ0v) is 9.92. The molecule has 1 aromatic carbocycles. The van der Waals surface area contributed by atoms with Crippen molar-refractivity contribution >= 4 is 12.6 Å². The van der Waals surface area contributed by atoms with Crippen LogP contribution in [0.2, 0.25) is 0 Å². The summed E-state index contributed by atoms with van der Waals surface area (Å²) in [5.74, 6) is 0. The Labute approximate surface area is 102 Å². The number of rotatable bonds is 3. The lowest BCUT2D eigenvalue weighted by Crippen LogP contribution is -2.37. The third-order valence-corrected chi connectivity index (χ3v) is 4.29. The van der Waals surface area contributed by atoms with Crippen LogP contribution in [0.25, 0.3) is 0 Å². The maximum atomic E-state index is 9.36. The molecule has 3 nitrogen and oxygen atoms in total. The van der Waals surface area contributed by atoms with Crippen molar-refractivity contribution < 1.29 is 10.0 Å². The Morgan fingerprint density at radius 2 is 1.65 bits per heavy atom. The summed E-state index contributed by atoms with van der Waals surface area (Å²) in [6, 6.07) is 9.09. The van der Waals surface area contributed by atoms with Crippen LogP contribution in [0, 0.1) is 0 Å². The normalized spacial score (nSPS) is 27.6. The van der Waals surface area contributed by atoms with Crippen LogP contribution in [0.1, 0.15) is 31.2 Å². The zero-order valence-electron chi connectivity index (χ0n) is 9.92. The van der Waals surface area contributed by atoms with Gasteiger partial charge in [0.05, 0.1) is 0 Å². The second-order valence-electron chi connectivity index (χ2n) is 5.21. The summed E-state index contributed by atoms with van der Waals surface area (Å²) in [6.07, 6.45) is 5.26. The Morgan fingerprint density at radius 1 is 1.06 bits per heavy atom. The highest BCUT2D eigenvalue weighted by atomic mass is 16.4. The van der Waals surface area contributed by atoms with Gasteiger partial charge in [-0.3, -0.25) is 4.90 Å². The standard InChI is InChI=1S/C13H18BNO2/c16-14(17)13-4-2-1-3-10(13)9-15-11-5-6-12(15)8-7-11/h1-4,11-12,16-17H,5-9H2. The fourth-order valence-corrected chi connectivity index (χ4v) is 3.40. The van der Waals surface area contributed by atoms with Crippen LogP contribution < -0.4 is 5.46 Å². The first kappa shape index (κ1) is 11.3. The summed E-state index contributed by atoms with van der Waals surface area (Å²) in [4.78, 5) is 2.54. The summed E-state index contributed by atoms with van der Waals surface area (Å²) in [7, 11) is -1.36. The molecule has 2 N–H and O–H groups in total. The van der Waals surface area contributed by atoms with E-state index in [-0.39, 0.29) is 0 Å². The number of fused-ring (bicyclic) bond motifs is 2. The average molecular weight is 231 g/mol. The minimum atomic E-state index is -1.36. The Morgan fingerprint density at radius 3 is 2.24 bits per heavy atom. The molecule has 0 aromatic heterocycles. The van der Waals surface area contributed by atoms with E-state index in [9.17, 15) is 10.0 Å². The van der Waals surface area contributed by atoms with Crippen molar-refractivity contribution in [2.45, 2.75) is 44.3 Å². The molecule has 90 valence electrons. The molecule has 0 atom stereocenters. The third kappa shape index (κ3) is 2.01. The van der Waals surface area contributed by atoms with Gasteiger partial charge in [0.2, 0.25) is 0 Å². The minimum Gasteiger partial charge on any atom is -0.423 e. The monoisotopic (exact) mass is 231 g/mol. The van der Waals surface area contributed by atoms with E-state index >= 15 is 0 Å². The van der Waals surface area contributed by atoms with E-state index in [1.807, 2.05) is 18.2 Å². The van der Waals surface area contributed by atoms with Gasteiger partial charge in [-0.2, -0.15) is 0 Å². The van der Waals surface area contributed by atoms with E-state index in [0.717, 1.165) is 24.2 Å². The van der Waals surface area contributed by atoms with Gasteiger partial charge >= 0.3 is 7.12 Å². The predicted molar refractivity (Wildman–Crippen MR) is 67.9 cm³/mol. The van der Waals surface area contributed by atoms with E-state index < -0.39 is 7.12 Å². The van der Waals surface area contributed by atoms with Gasteiger partial charge in [0.15, 0.2) is 0 Å². The molecule has 0 radical (unpaired) electrons. The first-order valence-electron chi connectivity index (χ1n) is 6.45. The summed E-state index contributed by atoms with van der Waals surface area (Å²) in [5, 5.41) is 18.7. The lowest BCUT2D eigenvalue weighted by Gasteiger charge is -2.23. The highest BCUT2D eigenvalue weighted by molar-refractivity contribution is 6.59. The molecule has 0 spiro atoms. The number of hydrogen-bond acceptors (Lipinski definition) is 3. The quantitative estimate of drug-likeness (QED) is 0.744. The van der Waals surface area contributed by atoms with E-state index in [1.54, 1.807) is 6.07 Å². The van der Waals surface area contributed by atoms with Crippen molar-refractivity contribution in [1.29, 1.82) is 0 Å². The molecule has 2 heterocycles. The maximum Gasteiger partial charge on any atom is 0.488 e. The number of benzene rings is 1. The van der Waals surface area contributed by atoms with Crippen LogP contribution >= 0.6 is 0 Å². The van der Waals surface area contributed by atoms with Crippen LogP contribution in [0.3, 0.4) is 0 Å². The van der Waals surface area contributed by atoms with Gasteiger partial charge in [-0.05, 0) is 36.7 Å². The molecule has 2 fully saturated rings. The SMILES string of the molecule is OB(O)c1ccccc1CN1C2CCC1CC2. The molecule has 2 aliphatic heterocycles. The largest absolute Gasteiger partial charge is 0.488 e. The fourth-order valence-electron chi connectivity index (χ4n) is 3.40. The molecule has 0 saturated carbocycles. The Kier molecular flexibility index (Phi) is 2.95. The summed E-state index contributed by atoms with van der Waals surface area (Å²) in [5.41, 5.74) is 1.71. The average Bonchev–Trinajstić information content (AvgIpc) is 2.89. The lowest BCUT2D eigenvalue weighted by atomic mass is 9.77. The van der Waals surface area contributed by atoms with E-state index in [2.05, 4.69) is 4.90 Å². The molecule has 0 aliphatic carbocycles. The summed E-state index contributed by atoms with van der Waals surface area (Å²) >= 11 is 0. The van der Waals surface area contributed by atoms with Crippen molar-refractivity contribution in [3.63, 3.8) is 0 Å². The second kappa shape index (κ2) is 4.44. The van der Waals surface area contributed by atoms with Crippen molar-refractivity contribution in [1.82, 2.24) is 4.90 Å². The smallest absolute Gasteiger partial charge is 0.423 e. The van der Waals surface area contributed by atoms with Gasteiger partial charge in [-0.1, -0.05) is 24.3 Å². The van der Waals surface area contributed by atoms with Crippen LogP contribution in [-0.2, 0) is 6.54 Å². The zero-order chi connectivity index (χ0) is 11.8. The Balaban J connectivity index is 1.81. The van der Waals surface area contributed by atoms with Gasteiger partial charge in [-0.25, -0.2) is 0 Å². The van der Waals surface area contributed by atoms with Gasteiger partial charge in [0.1, 0.15) is 0 Å². The molecule has 0 unspecified atom stereocenters. The van der Waals surface area contributed by atoms with Crippen LogP contribution in [0.5, 0.6) is 0 Å². The van der Waals surface area contributed by atoms with Crippen molar-refractivity contribution in [2.75, 3.05) is 0 Å². The van der Waals surface area contributed by atoms with E-state index in [4.69, 9.17) is 0 Å². The van der Waals surface area contributed by atoms with Gasteiger partial charge < -0.3 is 10.0 Å². The first-order chi connectivity index (χ1) is 8.25. The molecule has 2 aliphatic rings. The van der Waals surface area contributed by atoms with Gasteiger partial charge in [-0.15, -0.1) is 0 Å². The Hall–Kier alpha value is -0.835. The molecule has 2 bridgehead atoms. The molecule has 0 amide bonds. The lowest BCUT2D eigenvalue weighted by molar-refractivity contribution is 0.244. The van der Waals surface area contributed by atoms with Crippen LogP contribution in [-0.4, -0.2) is 34.2 Å². The minimum absolute atomic E-state index is 0.652. The molecular formula is C13H18BNO2. The van der Waals surface area contributed by atoms with E-state index in [0.29, 0.717) is 5.46 Å². The summed E-state index contributed by atoms with van der Waals surface area (Å²) < 4.78 is 0. The second-order valence-corrected chi connectivity index (χ2v) is 5.21. The fraction of sp³-hybridized carbons (Fsp3) is 0.538.